The van der Waals surface area contributed by atoms with Crippen LogP contribution < -0.4 is 11.0 Å². The molecule has 0 aliphatic carbocycles. The first-order chi connectivity index (χ1) is 8.15. The van der Waals surface area contributed by atoms with E-state index in [0.717, 1.165) is 32.8 Å². The third kappa shape index (κ3) is 3.28. The van der Waals surface area contributed by atoms with Gasteiger partial charge in [0.25, 0.3) is 0 Å². The van der Waals surface area contributed by atoms with Gasteiger partial charge in [0.1, 0.15) is 5.82 Å². The van der Waals surface area contributed by atoms with E-state index in [0.29, 0.717) is 5.82 Å². The van der Waals surface area contributed by atoms with Crippen LogP contribution in [0.4, 0.5) is 5.82 Å². The van der Waals surface area contributed by atoms with Crippen LogP contribution in [0.5, 0.6) is 0 Å². The Morgan fingerprint density at radius 3 is 2.65 bits per heavy atom. The molecule has 1 aliphatic heterocycles. The third-order valence-corrected chi connectivity index (χ3v) is 3.05. The molecule has 1 aliphatic rings. The van der Waals surface area contributed by atoms with Crippen molar-refractivity contribution in [3.63, 3.8) is 0 Å². The van der Waals surface area contributed by atoms with Crippen molar-refractivity contribution in [3.8, 4) is 0 Å². The number of hydrogen-bond acceptors (Lipinski definition) is 5. The van der Waals surface area contributed by atoms with Crippen LogP contribution in [-0.2, 0) is 7.05 Å². The molecule has 0 spiro atoms. The van der Waals surface area contributed by atoms with Gasteiger partial charge in [-0.1, -0.05) is 0 Å². The van der Waals surface area contributed by atoms with E-state index in [4.69, 9.17) is 0 Å². The third-order valence-electron chi connectivity index (χ3n) is 3.05. The van der Waals surface area contributed by atoms with E-state index in [1.165, 1.54) is 4.57 Å². The molecule has 1 aromatic rings. The van der Waals surface area contributed by atoms with E-state index in [-0.39, 0.29) is 5.69 Å². The van der Waals surface area contributed by atoms with Crippen LogP contribution >= 0.6 is 0 Å². The van der Waals surface area contributed by atoms with Crippen LogP contribution in [0, 0.1) is 0 Å². The number of likely N-dealkylation sites (N-methyl/N-ethyl adjacent to an activating group) is 1. The fourth-order valence-electron chi connectivity index (χ4n) is 1.76. The van der Waals surface area contributed by atoms with E-state index in [1.54, 1.807) is 13.2 Å². The molecule has 0 aromatic carbocycles. The molecule has 0 unspecified atom stereocenters. The maximum atomic E-state index is 11.3. The van der Waals surface area contributed by atoms with Crippen molar-refractivity contribution >= 4 is 5.82 Å². The van der Waals surface area contributed by atoms with E-state index in [1.807, 2.05) is 6.07 Å². The van der Waals surface area contributed by atoms with E-state index >= 15 is 0 Å². The number of aryl methyl sites for hydroxylation is 1. The van der Waals surface area contributed by atoms with Gasteiger partial charge in [-0.2, -0.15) is 4.98 Å². The van der Waals surface area contributed by atoms with Crippen LogP contribution in [0.1, 0.15) is 0 Å². The zero-order valence-electron chi connectivity index (χ0n) is 10.4. The number of piperazine rings is 1. The summed E-state index contributed by atoms with van der Waals surface area (Å²) in [5.41, 5.74) is -0.228. The summed E-state index contributed by atoms with van der Waals surface area (Å²) < 4.78 is 1.46. The summed E-state index contributed by atoms with van der Waals surface area (Å²) in [6, 6.07) is 1.82. The summed E-state index contributed by atoms with van der Waals surface area (Å²) in [7, 11) is 3.83. The molecule has 94 valence electrons. The number of nitrogens with one attached hydrogen (secondary N) is 1. The molecule has 1 N–H and O–H groups in total. The minimum absolute atomic E-state index is 0.228. The van der Waals surface area contributed by atoms with Gasteiger partial charge in [-0.15, -0.1) is 0 Å². The lowest BCUT2D eigenvalue weighted by atomic mass is 10.3. The van der Waals surface area contributed by atoms with Crippen LogP contribution in [0.3, 0.4) is 0 Å². The average molecular weight is 237 g/mol. The molecule has 0 bridgehead atoms. The second-order valence-corrected chi connectivity index (χ2v) is 4.46. The maximum Gasteiger partial charge on any atom is 0.349 e. The first kappa shape index (κ1) is 12.1. The maximum absolute atomic E-state index is 11.3. The first-order valence-electron chi connectivity index (χ1n) is 5.83. The van der Waals surface area contributed by atoms with Gasteiger partial charge in [0.2, 0.25) is 0 Å². The van der Waals surface area contributed by atoms with Gasteiger partial charge in [0.15, 0.2) is 0 Å². The van der Waals surface area contributed by atoms with Crippen LogP contribution in [0.25, 0.3) is 0 Å². The number of rotatable bonds is 3. The topological polar surface area (TPSA) is 53.4 Å². The van der Waals surface area contributed by atoms with E-state index in [9.17, 15) is 4.79 Å². The summed E-state index contributed by atoms with van der Waals surface area (Å²) in [5, 5.41) is 3.18. The van der Waals surface area contributed by atoms with Crippen LogP contribution in [-0.4, -0.2) is 59.2 Å². The van der Waals surface area contributed by atoms with Crippen LogP contribution in [0.2, 0.25) is 0 Å². The highest BCUT2D eigenvalue weighted by Gasteiger charge is 2.12. The Labute approximate surface area is 101 Å². The lowest BCUT2D eigenvalue weighted by molar-refractivity contribution is 0.162. The van der Waals surface area contributed by atoms with E-state index < -0.39 is 0 Å². The van der Waals surface area contributed by atoms with Crippen molar-refractivity contribution in [2.24, 2.45) is 7.05 Å². The summed E-state index contributed by atoms with van der Waals surface area (Å²) >= 11 is 0. The molecular formula is C11H19N5O. The van der Waals surface area contributed by atoms with Gasteiger partial charge in [0.05, 0.1) is 6.67 Å². The van der Waals surface area contributed by atoms with Gasteiger partial charge in [-0.25, -0.2) is 4.79 Å². The predicted octanol–water partition coefficient (Wildman–Crippen LogP) is -0.603. The SMILES string of the molecule is CN1CCN(CNc2ccn(C)c(=O)n2)CC1. The van der Waals surface area contributed by atoms with Crippen LogP contribution in [0.15, 0.2) is 17.1 Å². The normalized spacial score (nSPS) is 18.2. The monoisotopic (exact) mass is 237 g/mol. The summed E-state index contributed by atoms with van der Waals surface area (Å²) in [6.45, 7) is 5.02. The van der Waals surface area contributed by atoms with Crippen molar-refractivity contribution in [2.45, 2.75) is 0 Å². The average Bonchev–Trinajstić information content (AvgIpc) is 2.33. The summed E-state index contributed by atoms with van der Waals surface area (Å²) in [5.74, 6) is 0.645. The highest BCUT2D eigenvalue weighted by atomic mass is 16.1. The Kier molecular flexibility index (Phi) is 3.75. The molecule has 6 nitrogen and oxygen atoms in total. The van der Waals surface area contributed by atoms with Gasteiger partial charge >= 0.3 is 5.69 Å². The van der Waals surface area contributed by atoms with Crippen molar-refractivity contribution in [1.82, 2.24) is 19.4 Å². The fourth-order valence-corrected chi connectivity index (χ4v) is 1.76. The lowest BCUT2D eigenvalue weighted by Gasteiger charge is -2.32. The molecule has 17 heavy (non-hydrogen) atoms. The number of aromatic nitrogens is 2. The molecule has 2 rings (SSSR count). The first-order valence-corrected chi connectivity index (χ1v) is 5.83. The molecule has 1 aromatic heterocycles. The highest BCUT2D eigenvalue weighted by Crippen LogP contribution is 2.01. The number of hydrogen-bond donors (Lipinski definition) is 1. The Morgan fingerprint density at radius 2 is 2.00 bits per heavy atom. The van der Waals surface area contributed by atoms with Crippen molar-refractivity contribution < 1.29 is 0 Å². The Bertz CT molecular complexity index is 422. The molecule has 0 atom stereocenters. The second kappa shape index (κ2) is 5.29. The smallest absolute Gasteiger partial charge is 0.349 e. The van der Waals surface area contributed by atoms with Crippen molar-refractivity contribution in [2.75, 3.05) is 45.2 Å². The van der Waals surface area contributed by atoms with Crippen molar-refractivity contribution in [1.29, 1.82) is 0 Å². The minimum atomic E-state index is -0.228. The van der Waals surface area contributed by atoms with Crippen molar-refractivity contribution in [3.05, 3.63) is 22.7 Å². The molecule has 0 amide bonds. The molecule has 0 saturated carbocycles. The zero-order chi connectivity index (χ0) is 12.3. The molecule has 6 heteroatoms. The quantitative estimate of drug-likeness (QED) is 0.760. The second-order valence-electron chi connectivity index (χ2n) is 4.46. The predicted molar refractivity (Wildman–Crippen MR) is 67.0 cm³/mol. The largest absolute Gasteiger partial charge is 0.357 e. The lowest BCUT2D eigenvalue weighted by Crippen LogP contribution is -2.46. The Morgan fingerprint density at radius 1 is 1.29 bits per heavy atom. The molecule has 1 saturated heterocycles. The fraction of sp³-hybridized carbons (Fsp3) is 0.636. The number of anilines is 1. The van der Waals surface area contributed by atoms with Gasteiger partial charge < -0.3 is 14.8 Å². The highest BCUT2D eigenvalue weighted by molar-refractivity contribution is 5.31. The number of nitrogens with zero attached hydrogens (tertiary/aromatic N) is 4. The van der Waals surface area contributed by atoms with Gasteiger partial charge in [-0.3, -0.25) is 4.90 Å². The van der Waals surface area contributed by atoms with Gasteiger partial charge in [0, 0.05) is 39.4 Å². The molecular weight excluding hydrogens is 218 g/mol. The molecule has 1 fully saturated rings. The van der Waals surface area contributed by atoms with Gasteiger partial charge in [-0.05, 0) is 13.1 Å². The Hall–Kier alpha value is -1.40. The molecule has 2 heterocycles. The zero-order valence-corrected chi connectivity index (χ0v) is 10.4. The minimum Gasteiger partial charge on any atom is -0.357 e. The summed E-state index contributed by atoms with van der Waals surface area (Å²) in [4.78, 5) is 19.9. The van der Waals surface area contributed by atoms with E-state index in [2.05, 4.69) is 27.1 Å². The Balaban J connectivity index is 1.85. The summed E-state index contributed by atoms with van der Waals surface area (Å²) in [6.07, 6.45) is 1.72. The standard InChI is InChI=1S/C11H19N5O/c1-14-5-7-16(8-6-14)9-12-10-3-4-15(2)11(17)13-10/h3-4H,5-9H2,1-2H3,(H,12,13,17). The molecule has 0 radical (unpaired) electrons.